The third-order valence-corrected chi connectivity index (χ3v) is 3.18. The molecule has 3 N–H and O–H groups in total. The van der Waals surface area contributed by atoms with E-state index in [1.165, 1.54) is 0 Å². The number of likely N-dealkylation sites (tertiary alicyclic amines) is 1. The largest absolute Gasteiger partial charge is 0.384 e. The first-order valence-corrected chi connectivity index (χ1v) is 6.26. The van der Waals surface area contributed by atoms with E-state index in [0.29, 0.717) is 11.9 Å². The van der Waals surface area contributed by atoms with Crippen LogP contribution in [0.3, 0.4) is 0 Å². The minimum absolute atomic E-state index is 0.505. The molecule has 0 amide bonds. The lowest BCUT2D eigenvalue weighted by Gasteiger charge is -2.29. The van der Waals surface area contributed by atoms with Gasteiger partial charge in [0.1, 0.15) is 17.5 Å². The fraction of sp³-hybridized carbons (Fsp3) is 0.667. The molecular weight excluding hydrogens is 214 g/mol. The maximum absolute atomic E-state index is 5.76. The Kier molecular flexibility index (Phi) is 3.78. The number of aromatic nitrogens is 2. The molecule has 1 aromatic rings. The van der Waals surface area contributed by atoms with Gasteiger partial charge in [-0.25, -0.2) is 9.97 Å². The molecule has 1 aromatic heterocycles. The molecule has 1 fully saturated rings. The maximum atomic E-state index is 5.76. The third-order valence-electron chi connectivity index (χ3n) is 3.18. The van der Waals surface area contributed by atoms with Crippen molar-refractivity contribution in [3.05, 3.63) is 11.9 Å². The molecule has 0 atom stereocenters. The van der Waals surface area contributed by atoms with Crippen LogP contribution in [0.1, 0.15) is 25.6 Å². The number of nitrogen functional groups attached to an aromatic ring is 1. The van der Waals surface area contributed by atoms with E-state index in [-0.39, 0.29) is 0 Å². The molecular formula is C12H21N5. The average Bonchev–Trinajstić information content (AvgIpc) is 2.31. The second kappa shape index (κ2) is 5.31. The number of nitrogens with two attached hydrogens (primary N) is 1. The van der Waals surface area contributed by atoms with Gasteiger partial charge in [-0.3, -0.25) is 0 Å². The van der Waals surface area contributed by atoms with Gasteiger partial charge in [0, 0.05) is 18.5 Å². The highest BCUT2D eigenvalue weighted by atomic mass is 15.1. The first-order chi connectivity index (χ1) is 8.17. The predicted molar refractivity (Wildman–Crippen MR) is 70.0 cm³/mol. The number of hydrogen-bond acceptors (Lipinski definition) is 5. The number of rotatable bonds is 3. The number of anilines is 2. The lowest BCUT2D eigenvalue weighted by molar-refractivity contribution is 0.263. The number of piperidine rings is 1. The molecule has 0 bridgehead atoms. The molecule has 1 aliphatic heterocycles. The number of nitrogens with one attached hydrogen (secondary N) is 1. The van der Waals surface area contributed by atoms with Crippen LogP contribution in [0.25, 0.3) is 0 Å². The van der Waals surface area contributed by atoms with E-state index in [0.717, 1.165) is 44.0 Å². The lowest BCUT2D eigenvalue weighted by atomic mass is 10.1. The molecule has 94 valence electrons. The molecule has 0 aliphatic carbocycles. The summed E-state index contributed by atoms with van der Waals surface area (Å²) in [5, 5.41) is 3.46. The summed E-state index contributed by atoms with van der Waals surface area (Å²) < 4.78 is 0. The molecule has 0 saturated carbocycles. The molecule has 5 heteroatoms. The van der Waals surface area contributed by atoms with E-state index in [4.69, 9.17) is 5.73 Å². The van der Waals surface area contributed by atoms with Crippen molar-refractivity contribution in [3.8, 4) is 0 Å². The zero-order chi connectivity index (χ0) is 12.3. The van der Waals surface area contributed by atoms with Gasteiger partial charge in [0.25, 0.3) is 0 Å². The first kappa shape index (κ1) is 12.1. The smallest absolute Gasteiger partial charge is 0.132 e. The Bertz CT molecular complexity index is 371. The van der Waals surface area contributed by atoms with E-state index in [9.17, 15) is 0 Å². The van der Waals surface area contributed by atoms with Gasteiger partial charge < -0.3 is 16.0 Å². The minimum atomic E-state index is 0.505. The molecule has 0 spiro atoms. The van der Waals surface area contributed by atoms with Crippen molar-refractivity contribution in [3.63, 3.8) is 0 Å². The summed E-state index contributed by atoms with van der Waals surface area (Å²) in [7, 11) is 2.16. The quantitative estimate of drug-likeness (QED) is 0.822. The third kappa shape index (κ3) is 3.30. The molecule has 2 rings (SSSR count). The van der Waals surface area contributed by atoms with Crippen LogP contribution in [0.2, 0.25) is 0 Å². The van der Waals surface area contributed by atoms with Crippen molar-refractivity contribution in [1.29, 1.82) is 0 Å². The summed E-state index contributed by atoms with van der Waals surface area (Å²) in [4.78, 5) is 11.0. The number of nitrogens with zero attached hydrogens (tertiary/aromatic N) is 3. The molecule has 0 radical (unpaired) electrons. The van der Waals surface area contributed by atoms with Crippen LogP contribution in [0.5, 0.6) is 0 Å². The Morgan fingerprint density at radius 3 is 2.76 bits per heavy atom. The maximum Gasteiger partial charge on any atom is 0.132 e. The summed E-state index contributed by atoms with van der Waals surface area (Å²) in [5.41, 5.74) is 5.76. The summed E-state index contributed by atoms with van der Waals surface area (Å²) in [6.07, 6.45) is 3.12. The van der Waals surface area contributed by atoms with Crippen LogP contribution in [-0.2, 0) is 6.42 Å². The summed E-state index contributed by atoms with van der Waals surface area (Å²) in [5.74, 6) is 2.22. The Morgan fingerprint density at radius 1 is 1.41 bits per heavy atom. The second-order valence-corrected chi connectivity index (χ2v) is 4.67. The molecule has 2 heterocycles. The van der Waals surface area contributed by atoms with Gasteiger partial charge in [-0.15, -0.1) is 0 Å². The average molecular weight is 235 g/mol. The summed E-state index contributed by atoms with van der Waals surface area (Å²) in [6, 6.07) is 2.32. The molecule has 1 aliphatic rings. The minimum Gasteiger partial charge on any atom is -0.384 e. The van der Waals surface area contributed by atoms with E-state index < -0.39 is 0 Å². The second-order valence-electron chi connectivity index (χ2n) is 4.67. The predicted octanol–water partition coefficient (Wildman–Crippen LogP) is 1.13. The number of hydrogen-bond donors (Lipinski definition) is 2. The van der Waals surface area contributed by atoms with E-state index in [2.05, 4.69) is 27.2 Å². The van der Waals surface area contributed by atoms with Gasteiger partial charge >= 0.3 is 0 Å². The molecule has 0 unspecified atom stereocenters. The van der Waals surface area contributed by atoms with Gasteiger partial charge in [-0.05, 0) is 33.0 Å². The monoisotopic (exact) mass is 235 g/mol. The molecule has 17 heavy (non-hydrogen) atoms. The first-order valence-electron chi connectivity index (χ1n) is 6.26. The van der Waals surface area contributed by atoms with Gasteiger partial charge in [0.05, 0.1) is 0 Å². The Balaban J connectivity index is 2.00. The van der Waals surface area contributed by atoms with E-state index in [1.54, 1.807) is 0 Å². The highest BCUT2D eigenvalue weighted by molar-refractivity contribution is 5.45. The van der Waals surface area contributed by atoms with Crippen molar-refractivity contribution in [2.24, 2.45) is 0 Å². The lowest BCUT2D eigenvalue weighted by Crippen LogP contribution is -2.36. The number of aryl methyl sites for hydroxylation is 1. The molecule has 1 saturated heterocycles. The molecule has 0 aromatic carbocycles. The van der Waals surface area contributed by atoms with E-state index in [1.807, 2.05) is 13.0 Å². The highest BCUT2D eigenvalue weighted by Gasteiger charge is 2.16. The van der Waals surface area contributed by atoms with E-state index >= 15 is 0 Å². The van der Waals surface area contributed by atoms with Crippen molar-refractivity contribution in [2.75, 3.05) is 31.2 Å². The zero-order valence-corrected chi connectivity index (χ0v) is 10.6. The van der Waals surface area contributed by atoms with Gasteiger partial charge in [0.2, 0.25) is 0 Å². The SMILES string of the molecule is CCc1nc(N)cc(NC2CCN(C)CC2)n1. The highest BCUT2D eigenvalue weighted by Crippen LogP contribution is 2.15. The summed E-state index contributed by atoms with van der Waals surface area (Å²) in [6.45, 7) is 4.31. The van der Waals surface area contributed by atoms with Crippen LogP contribution in [0, 0.1) is 0 Å². The van der Waals surface area contributed by atoms with Crippen LogP contribution in [0.15, 0.2) is 6.07 Å². The van der Waals surface area contributed by atoms with Crippen molar-refractivity contribution in [1.82, 2.24) is 14.9 Å². The Hall–Kier alpha value is -1.36. The fourth-order valence-electron chi connectivity index (χ4n) is 2.11. The van der Waals surface area contributed by atoms with Crippen molar-refractivity contribution in [2.45, 2.75) is 32.2 Å². The van der Waals surface area contributed by atoms with Crippen LogP contribution in [0.4, 0.5) is 11.6 Å². The van der Waals surface area contributed by atoms with Crippen molar-refractivity contribution < 1.29 is 0 Å². The van der Waals surface area contributed by atoms with Gasteiger partial charge in [-0.1, -0.05) is 6.92 Å². The topological polar surface area (TPSA) is 67.1 Å². The van der Waals surface area contributed by atoms with Crippen LogP contribution < -0.4 is 11.1 Å². The van der Waals surface area contributed by atoms with Crippen LogP contribution >= 0.6 is 0 Å². The fourth-order valence-corrected chi connectivity index (χ4v) is 2.11. The van der Waals surface area contributed by atoms with Gasteiger partial charge in [0.15, 0.2) is 0 Å². The van der Waals surface area contributed by atoms with Crippen molar-refractivity contribution >= 4 is 11.6 Å². The van der Waals surface area contributed by atoms with Gasteiger partial charge in [-0.2, -0.15) is 0 Å². The Morgan fingerprint density at radius 2 is 2.12 bits per heavy atom. The zero-order valence-electron chi connectivity index (χ0n) is 10.6. The normalized spacial score (nSPS) is 18.2. The summed E-state index contributed by atoms with van der Waals surface area (Å²) >= 11 is 0. The standard InChI is InChI=1S/C12H21N5/c1-3-11-15-10(13)8-12(16-11)14-9-4-6-17(2)7-5-9/h8-9H,3-7H2,1-2H3,(H3,13,14,15,16). The molecule has 5 nitrogen and oxygen atoms in total. The van der Waals surface area contributed by atoms with Crippen LogP contribution in [-0.4, -0.2) is 41.0 Å². The Labute approximate surface area is 102 Å².